The first-order valence-electron chi connectivity index (χ1n) is 5.56. The van der Waals surface area contributed by atoms with E-state index in [1.165, 1.54) is 5.56 Å². The second kappa shape index (κ2) is 6.26. The minimum Gasteiger partial charge on any atom is -0.383 e. The lowest BCUT2D eigenvalue weighted by Gasteiger charge is -2.23. The molecule has 90 valence electrons. The van der Waals surface area contributed by atoms with Crippen LogP contribution in [0.4, 0.5) is 5.69 Å². The first-order chi connectivity index (χ1) is 7.54. The Morgan fingerprint density at radius 2 is 2.06 bits per heavy atom. The average molecular weight is 286 g/mol. The van der Waals surface area contributed by atoms with Crippen LogP contribution in [0.15, 0.2) is 22.7 Å². The summed E-state index contributed by atoms with van der Waals surface area (Å²) in [6, 6.07) is 6.66. The van der Waals surface area contributed by atoms with Crippen LogP contribution in [-0.4, -0.2) is 19.8 Å². The van der Waals surface area contributed by atoms with Crippen LogP contribution < -0.4 is 5.32 Å². The van der Waals surface area contributed by atoms with Gasteiger partial charge in [-0.2, -0.15) is 0 Å². The number of hydrogen-bond acceptors (Lipinski definition) is 2. The van der Waals surface area contributed by atoms with E-state index in [4.69, 9.17) is 4.74 Å². The minimum atomic E-state index is 0.337. The number of hydrogen-bond donors (Lipinski definition) is 1. The first kappa shape index (κ1) is 13.5. The van der Waals surface area contributed by atoms with Crippen molar-refractivity contribution in [3.63, 3.8) is 0 Å². The lowest BCUT2D eigenvalue weighted by Crippen LogP contribution is -2.30. The fraction of sp³-hybridized carbons (Fsp3) is 0.538. The molecule has 1 aromatic rings. The average Bonchev–Trinajstić information content (AvgIpc) is 2.20. The molecule has 0 fully saturated rings. The SMILES string of the molecule is COCC(Nc1ccc(C)cc1Br)C(C)C. The minimum absolute atomic E-state index is 0.337. The summed E-state index contributed by atoms with van der Waals surface area (Å²) in [6.45, 7) is 7.19. The Morgan fingerprint density at radius 1 is 1.38 bits per heavy atom. The van der Waals surface area contributed by atoms with E-state index in [1.54, 1.807) is 7.11 Å². The Hall–Kier alpha value is -0.540. The van der Waals surface area contributed by atoms with Gasteiger partial charge >= 0.3 is 0 Å². The summed E-state index contributed by atoms with van der Waals surface area (Å²) in [5.74, 6) is 0.535. The zero-order valence-corrected chi connectivity index (χ0v) is 12.0. The van der Waals surface area contributed by atoms with E-state index in [2.05, 4.69) is 60.2 Å². The second-order valence-electron chi connectivity index (χ2n) is 4.43. The molecule has 0 heterocycles. The molecule has 0 radical (unpaired) electrons. The van der Waals surface area contributed by atoms with Gasteiger partial charge in [-0.05, 0) is 46.5 Å². The maximum absolute atomic E-state index is 5.22. The molecule has 0 aliphatic heterocycles. The fourth-order valence-electron chi connectivity index (χ4n) is 1.52. The van der Waals surface area contributed by atoms with Crippen LogP contribution in [0.1, 0.15) is 19.4 Å². The first-order valence-corrected chi connectivity index (χ1v) is 6.35. The van der Waals surface area contributed by atoms with Crippen molar-refractivity contribution < 1.29 is 4.74 Å². The maximum atomic E-state index is 5.22. The standard InChI is InChI=1S/C13H20BrNO/c1-9(2)13(8-16-4)15-12-6-5-10(3)7-11(12)14/h5-7,9,13,15H,8H2,1-4H3. The zero-order chi connectivity index (χ0) is 12.1. The van der Waals surface area contributed by atoms with E-state index in [9.17, 15) is 0 Å². The topological polar surface area (TPSA) is 21.3 Å². The lowest BCUT2D eigenvalue weighted by molar-refractivity contribution is 0.171. The molecular weight excluding hydrogens is 266 g/mol. The van der Waals surface area contributed by atoms with E-state index in [1.807, 2.05) is 0 Å². The number of methoxy groups -OCH3 is 1. The summed E-state index contributed by atoms with van der Waals surface area (Å²) in [5, 5.41) is 3.50. The largest absolute Gasteiger partial charge is 0.383 e. The van der Waals surface area contributed by atoms with E-state index in [-0.39, 0.29) is 0 Å². The van der Waals surface area contributed by atoms with Gasteiger partial charge in [0.25, 0.3) is 0 Å². The van der Waals surface area contributed by atoms with Gasteiger partial charge in [0.2, 0.25) is 0 Å². The van der Waals surface area contributed by atoms with Gasteiger partial charge in [0, 0.05) is 17.3 Å². The van der Waals surface area contributed by atoms with Gasteiger partial charge in [0.1, 0.15) is 0 Å². The van der Waals surface area contributed by atoms with Crippen molar-refractivity contribution in [3.8, 4) is 0 Å². The predicted molar refractivity (Wildman–Crippen MR) is 73.0 cm³/mol. The molecule has 3 heteroatoms. The van der Waals surface area contributed by atoms with Crippen LogP contribution in [0.3, 0.4) is 0 Å². The number of aryl methyl sites for hydroxylation is 1. The molecule has 0 amide bonds. The summed E-state index contributed by atoms with van der Waals surface area (Å²) < 4.78 is 6.33. The molecule has 2 nitrogen and oxygen atoms in total. The number of nitrogens with one attached hydrogen (secondary N) is 1. The fourth-order valence-corrected chi connectivity index (χ4v) is 2.12. The van der Waals surface area contributed by atoms with Crippen LogP contribution in [-0.2, 0) is 4.74 Å². The summed E-state index contributed by atoms with van der Waals surface area (Å²) >= 11 is 3.57. The van der Waals surface area contributed by atoms with Crippen LogP contribution >= 0.6 is 15.9 Å². The highest BCUT2D eigenvalue weighted by Crippen LogP contribution is 2.25. The van der Waals surface area contributed by atoms with Gasteiger partial charge in [-0.3, -0.25) is 0 Å². The number of halogens is 1. The van der Waals surface area contributed by atoms with Crippen LogP contribution in [0.2, 0.25) is 0 Å². The van der Waals surface area contributed by atoms with Crippen molar-refractivity contribution in [1.82, 2.24) is 0 Å². The van der Waals surface area contributed by atoms with Crippen molar-refractivity contribution in [1.29, 1.82) is 0 Å². The summed E-state index contributed by atoms with van der Waals surface area (Å²) in [5.41, 5.74) is 2.38. The smallest absolute Gasteiger partial charge is 0.0666 e. The highest BCUT2D eigenvalue weighted by molar-refractivity contribution is 9.10. The molecule has 0 saturated heterocycles. The van der Waals surface area contributed by atoms with Crippen LogP contribution in [0, 0.1) is 12.8 Å². The van der Waals surface area contributed by atoms with Crippen molar-refractivity contribution in [2.45, 2.75) is 26.8 Å². The molecule has 0 aromatic heterocycles. The Kier molecular flexibility index (Phi) is 5.29. The molecule has 1 unspecified atom stereocenters. The molecule has 0 bridgehead atoms. The summed E-state index contributed by atoms with van der Waals surface area (Å²) in [7, 11) is 1.74. The highest BCUT2D eigenvalue weighted by Gasteiger charge is 2.13. The van der Waals surface area contributed by atoms with E-state index in [0.29, 0.717) is 12.0 Å². The van der Waals surface area contributed by atoms with Crippen molar-refractivity contribution in [2.75, 3.05) is 19.0 Å². The van der Waals surface area contributed by atoms with Crippen LogP contribution in [0.25, 0.3) is 0 Å². The molecule has 0 saturated carbocycles. The van der Waals surface area contributed by atoms with E-state index < -0.39 is 0 Å². The Balaban J connectivity index is 2.77. The molecule has 1 atom stereocenters. The number of rotatable bonds is 5. The monoisotopic (exact) mass is 285 g/mol. The van der Waals surface area contributed by atoms with Crippen LogP contribution in [0.5, 0.6) is 0 Å². The third kappa shape index (κ3) is 3.80. The number of benzene rings is 1. The highest BCUT2D eigenvalue weighted by atomic mass is 79.9. The molecule has 16 heavy (non-hydrogen) atoms. The molecule has 1 N–H and O–H groups in total. The third-order valence-electron chi connectivity index (χ3n) is 2.62. The number of ether oxygens (including phenoxy) is 1. The molecule has 1 aromatic carbocycles. The predicted octanol–water partition coefficient (Wildman–Crippen LogP) is 3.84. The van der Waals surface area contributed by atoms with E-state index in [0.717, 1.165) is 16.8 Å². The molecular formula is C13H20BrNO. The molecule has 1 rings (SSSR count). The van der Waals surface area contributed by atoms with Gasteiger partial charge < -0.3 is 10.1 Å². The van der Waals surface area contributed by atoms with Crippen molar-refractivity contribution in [3.05, 3.63) is 28.2 Å². The Bertz CT molecular complexity index is 339. The van der Waals surface area contributed by atoms with Gasteiger partial charge in [-0.1, -0.05) is 19.9 Å². The van der Waals surface area contributed by atoms with Gasteiger partial charge in [-0.25, -0.2) is 0 Å². The van der Waals surface area contributed by atoms with Crippen molar-refractivity contribution in [2.24, 2.45) is 5.92 Å². The molecule has 0 spiro atoms. The van der Waals surface area contributed by atoms with Crippen molar-refractivity contribution >= 4 is 21.6 Å². The van der Waals surface area contributed by atoms with Gasteiger partial charge in [0.15, 0.2) is 0 Å². The maximum Gasteiger partial charge on any atom is 0.0666 e. The Morgan fingerprint density at radius 3 is 2.56 bits per heavy atom. The second-order valence-corrected chi connectivity index (χ2v) is 5.29. The normalized spacial score (nSPS) is 12.9. The Labute approximate surface area is 107 Å². The summed E-state index contributed by atoms with van der Waals surface area (Å²) in [4.78, 5) is 0. The lowest BCUT2D eigenvalue weighted by atomic mass is 10.0. The third-order valence-corrected chi connectivity index (χ3v) is 3.27. The molecule has 0 aliphatic rings. The van der Waals surface area contributed by atoms with E-state index >= 15 is 0 Å². The van der Waals surface area contributed by atoms with Gasteiger partial charge in [0.05, 0.1) is 12.6 Å². The number of anilines is 1. The molecule has 0 aliphatic carbocycles. The quantitative estimate of drug-likeness (QED) is 0.888. The summed E-state index contributed by atoms with van der Waals surface area (Å²) in [6.07, 6.45) is 0. The van der Waals surface area contributed by atoms with Gasteiger partial charge in [-0.15, -0.1) is 0 Å². The zero-order valence-electron chi connectivity index (χ0n) is 10.4.